The lowest BCUT2D eigenvalue weighted by atomic mass is 10.1. The third kappa shape index (κ3) is 7.21. The number of fused-ring (bicyclic) bond motifs is 2. The number of amides is 1. The monoisotopic (exact) mass is 624 g/mol. The van der Waals surface area contributed by atoms with E-state index in [1.165, 1.54) is 6.20 Å². The minimum atomic E-state index is -1.25. The maximum Gasteiger partial charge on any atom is 0.330 e. The van der Waals surface area contributed by atoms with Gasteiger partial charge in [0.05, 0.1) is 29.0 Å². The third-order valence-corrected chi connectivity index (χ3v) is 8.21. The summed E-state index contributed by atoms with van der Waals surface area (Å²) in [7, 11) is 0. The summed E-state index contributed by atoms with van der Waals surface area (Å²) in [6, 6.07) is 24.4. The first kappa shape index (κ1) is 31.2. The number of unbranched alkanes of at least 4 members (excludes halogenated alkanes) is 1. The van der Waals surface area contributed by atoms with E-state index >= 15 is 0 Å². The molecule has 46 heavy (non-hydrogen) atoms. The van der Waals surface area contributed by atoms with Crippen LogP contribution >= 0.6 is 0 Å². The van der Waals surface area contributed by atoms with Crippen LogP contribution in [0.25, 0.3) is 21.8 Å². The SMILES string of the molecule is O=C(CCCCN(Cc1ccc2ccccc2n1)Cc1ccc2ccccc2n1)N[C@@H]1[C@H](O)[C@@H](CO)O[C@H]1n1ccc(=O)[nH]c1=O. The number of nitrogens with zero attached hydrogens (tertiary/aromatic N) is 4. The fraction of sp³-hybridized carbons (Fsp3) is 0.324. The Morgan fingerprint density at radius 2 is 1.52 bits per heavy atom. The van der Waals surface area contributed by atoms with Gasteiger partial charge in [-0.25, -0.2) is 4.79 Å². The molecule has 4 N–H and O–H groups in total. The molecular weight excluding hydrogens is 588 g/mol. The Hall–Kier alpha value is -4.75. The lowest BCUT2D eigenvalue weighted by molar-refractivity contribution is -0.123. The minimum absolute atomic E-state index is 0.177. The molecule has 6 rings (SSSR count). The van der Waals surface area contributed by atoms with Crippen LogP contribution in [-0.4, -0.2) is 71.9 Å². The number of nitrogens with one attached hydrogen (secondary N) is 2. The molecule has 1 saturated heterocycles. The van der Waals surface area contributed by atoms with Gasteiger partial charge in [-0.2, -0.15) is 0 Å². The average Bonchev–Trinajstić information content (AvgIpc) is 3.37. The first-order valence-electron chi connectivity index (χ1n) is 15.3. The van der Waals surface area contributed by atoms with Gasteiger partial charge in [-0.15, -0.1) is 0 Å². The van der Waals surface area contributed by atoms with Gasteiger partial charge >= 0.3 is 5.69 Å². The number of H-pyrrole nitrogens is 1. The maximum absolute atomic E-state index is 13.0. The summed E-state index contributed by atoms with van der Waals surface area (Å²) in [6.07, 6.45) is -0.667. The zero-order valence-corrected chi connectivity index (χ0v) is 25.2. The smallest absolute Gasteiger partial charge is 0.330 e. The number of aromatic nitrogens is 4. The Kier molecular flexibility index (Phi) is 9.60. The molecule has 0 bridgehead atoms. The number of aliphatic hydroxyl groups excluding tert-OH is 2. The molecule has 12 nitrogen and oxygen atoms in total. The van der Waals surface area contributed by atoms with E-state index in [0.717, 1.165) is 43.8 Å². The quantitative estimate of drug-likeness (QED) is 0.153. The van der Waals surface area contributed by atoms with Gasteiger partial charge in [0.1, 0.15) is 18.2 Å². The molecule has 4 atom stereocenters. The molecular formula is C34H36N6O6. The summed E-state index contributed by atoms with van der Waals surface area (Å²) in [5.74, 6) is -0.326. The molecule has 2 aromatic carbocycles. The van der Waals surface area contributed by atoms with E-state index in [1.54, 1.807) is 0 Å². The lowest BCUT2D eigenvalue weighted by Gasteiger charge is -2.23. The first-order chi connectivity index (χ1) is 22.4. The third-order valence-electron chi connectivity index (χ3n) is 8.21. The molecule has 1 aliphatic heterocycles. The van der Waals surface area contributed by atoms with Crippen molar-refractivity contribution in [2.24, 2.45) is 0 Å². The Balaban J connectivity index is 1.10. The van der Waals surface area contributed by atoms with Crippen molar-refractivity contribution in [2.45, 2.75) is 56.8 Å². The van der Waals surface area contributed by atoms with Crippen LogP contribution in [-0.2, 0) is 22.6 Å². The second-order valence-electron chi connectivity index (χ2n) is 11.5. The van der Waals surface area contributed by atoms with Crippen molar-refractivity contribution >= 4 is 27.7 Å². The number of pyridine rings is 2. The normalized spacial score (nSPS) is 19.6. The summed E-state index contributed by atoms with van der Waals surface area (Å²) in [5.41, 5.74) is 2.42. The lowest BCUT2D eigenvalue weighted by Crippen LogP contribution is -2.48. The summed E-state index contributed by atoms with van der Waals surface area (Å²) in [6.45, 7) is 1.40. The van der Waals surface area contributed by atoms with E-state index in [4.69, 9.17) is 14.7 Å². The van der Waals surface area contributed by atoms with Gasteiger partial charge in [-0.1, -0.05) is 48.5 Å². The van der Waals surface area contributed by atoms with Gasteiger partial charge < -0.3 is 20.3 Å². The number of aromatic amines is 1. The standard InChI is InChI=1S/C34H36N6O6/c41-21-28-32(44)31(33(46-28)40-18-16-30(43)38-34(40)45)37-29(42)11-5-6-17-39(19-24-14-12-22-7-1-3-9-26(22)35-24)20-25-15-13-23-8-2-4-10-27(23)36-25/h1-4,7-10,12-16,18,28,31-33,41,44H,5-6,11,17,19-21H2,(H,37,42)(H,38,43,45)/t28-,31-,32-,33-/m1/s1. The highest BCUT2D eigenvalue weighted by molar-refractivity contribution is 5.79. The van der Waals surface area contributed by atoms with E-state index < -0.39 is 42.3 Å². The second-order valence-corrected chi connectivity index (χ2v) is 11.5. The fourth-order valence-corrected chi connectivity index (χ4v) is 5.86. The molecule has 0 aliphatic carbocycles. The molecule has 0 spiro atoms. The van der Waals surface area contributed by atoms with Gasteiger partial charge in [-0.3, -0.25) is 34.0 Å². The van der Waals surface area contributed by atoms with Gasteiger partial charge in [0, 0.05) is 42.5 Å². The summed E-state index contributed by atoms with van der Waals surface area (Å²) in [5, 5.41) is 25.3. The number of carbonyl (C=O) groups is 1. The van der Waals surface area contributed by atoms with Crippen molar-refractivity contribution in [3.8, 4) is 0 Å². The number of benzene rings is 2. The molecule has 12 heteroatoms. The molecule has 0 unspecified atom stereocenters. The molecule has 1 amide bonds. The molecule has 0 saturated carbocycles. The largest absolute Gasteiger partial charge is 0.394 e. The number of hydrogen-bond acceptors (Lipinski definition) is 9. The molecule has 3 aromatic heterocycles. The van der Waals surface area contributed by atoms with Crippen molar-refractivity contribution < 1.29 is 19.7 Å². The highest BCUT2D eigenvalue weighted by atomic mass is 16.5. The van der Waals surface area contributed by atoms with Crippen LogP contribution in [0.2, 0.25) is 0 Å². The molecule has 5 aromatic rings. The molecule has 4 heterocycles. The Labute approximate surface area is 264 Å². The van der Waals surface area contributed by atoms with Crippen LogP contribution < -0.4 is 16.6 Å². The number of para-hydroxylation sites is 2. The van der Waals surface area contributed by atoms with E-state index in [-0.39, 0.29) is 12.3 Å². The predicted octanol–water partition coefficient (Wildman–Crippen LogP) is 2.24. The number of ether oxygens (including phenoxy) is 1. The number of carbonyl (C=O) groups excluding carboxylic acids is 1. The molecule has 1 aliphatic rings. The topological polar surface area (TPSA) is 163 Å². The minimum Gasteiger partial charge on any atom is -0.394 e. The summed E-state index contributed by atoms with van der Waals surface area (Å²) in [4.78, 5) is 51.1. The van der Waals surface area contributed by atoms with Crippen molar-refractivity contribution in [3.05, 3.63) is 117 Å². The van der Waals surface area contributed by atoms with Gasteiger partial charge in [0.25, 0.3) is 5.56 Å². The zero-order chi connectivity index (χ0) is 32.0. The van der Waals surface area contributed by atoms with Crippen molar-refractivity contribution in [1.29, 1.82) is 0 Å². The van der Waals surface area contributed by atoms with Gasteiger partial charge in [-0.05, 0) is 43.7 Å². The second kappa shape index (κ2) is 14.1. The van der Waals surface area contributed by atoms with Crippen LogP contribution in [0, 0.1) is 0 Å². The number of rotatable bonds is 12. The van der Waals surface area contributed by atoms with E-state index in [2.05, 4.69) is 27.3 Å². The van der Waals surface area contributed by atoms with E-state index in [0.29, 0.717) is 32.5 Å². The number of aliphatic hydroxyl groups is 2. The van der Waals surface area contributed by atoms with E-state index in [1.807, 2.05) is 60.7 Å². The van der Waals surface area contributed by atoms with Crippen LogP contribution in [0.1, 0.15) is 36.9 Å². The van der Waals surface area contributed by atoms with Gasteiger partial charge in [0.2, 0.25) is 5.91 Å². The van der Waals surface area contributed by atoms with E-state index in [9.17, 15) is 24.6 Å². The average molecular weight is 625 g/mol. The zero-order valence-electron chi connectivity index (χ0n) is 25.2. The molecule has 238 valence electrons. The van der Waals surface area contributed by atoms with Crippen LogP contribution in [0.4, 0.5) is 0 Å². The van der Waals surface area contributed by atoms with Crippen molar-refractivity contribution in [1.82, 2.24) is 29.7 Å². The highest BCUT2D eigenvalue weighted by Gasteiger charge is 2.45. The number of hydrogen-bond donors (Lipinski definition) is 4. The molecule has 0 radical (unpaired) electrons. The Morgan fingerprint density at radius 1 is 0.891 bits per heavy atom. The Bertz CT molecular complexity index is 1860. The van der Waals surface area contributed by atoms with Crippen LogP contribution in [0.5, 0.6) is 0 Å². The van der Waals surface area contributed by atoms with Gasteiger partial charge in [0.15, 0.2) is 6.23 Å². The summed E-state index contributed by atoms with van der Waals surface area (Å²) >= 11 is 0. The Morgan fingerprint density at radius 3 is 2.13 bits per heavy atom. The maximum atomic E-state index is 13.0. The fourth-order valence-electron chi connectivity index (χ4n) is 5.86. The van der Waals surface area contributed by atoms with Crippen LogP contribution in [0.15, 0.2) is 94.6 Å². The predicted molar refractivity (Wildman–Crippen MR) is 172 cm³/mol. The first-order valence-corrected chi connectivity index (χ1v) is 15.3. The van der Waals surface area contributed by atoms with Crippen LogP contribution in [0.3, 0.4) is 0 Å². The van der Waals surface area contributed by atoms with Crippen molar-refractivity contribution in [3.63, 3.8) is 0 Å². The molecule has 1 fully saturated rings. The van der Waals surface area contributed by atoms with Crippen molar-refractivity contribution in [2.75, 3.05) is 13.2 Å². The summed E-state index contributed by atoms with van der Waals surface area (Å²) < 4.78 is 6.76. The highest BCUT2D eigenvalue weighted by Crippen LogP contribution is 2.28.